The van der Waals surface area contributed by atoms with E-state index in [2.05, 4.69) is 15.0 Å². The molecule has 0 N–H and O–H groups in total. The van der Waals surface area contributed by atoms with Gasteiger partial charge in [0.25, 0.3) is 0 Å². The van der Waals surface area contributed by atoms with Crippen LogP contribution in [0, 0.1) is 0 Å². The van der Waals surface area contributed by atoms with Gasteiger partial charge in [0.15, 0.2) is 0 Å². The van der Waals surface area contributed by atoms with Gasteiger partial charge in [-0.15, -0.1) is 0 Å². The number of aromatic nitrogens is 2. The van der Waals surface area contributed by atoms with Gasteiger partial charge in [0.1, 0.15) is 5.15 Å². The predicted octanol–water partition coefficient (Wildman–Crippen LogP) is 1.93. The van der Waals surface area contributed by atoms with Crippen LogP contribution in [0.15, 0.2) is 11.4 Å². The summed E-state index contributed by atoms with van der Waals surface area (Å²) in [4.78, 5) is 6.54. The molecule has 1 rings (SSSR count). The first-order chi connectivity index (χ1) is 5.75. The van der Waals surface area contributed by atoms with Crippen molar-refractivity contribution in [3.8, 4) is 0 Å². The molecule has 0 amide bonds. The van der Waals surface area contributed by atoms with E-state index in [1.807, 2.05) is 11.6 Å². The van der Waals surface area contributed by atoms with Gasteiger partial charge >= 0.3 is 0 Å². The van der Waals surface area contributed by atoms with Crippen LogP contribution in [0.4, 0.5) is 0 Å². The lowest BCUT2D eigenvalue weighted by Gasteiger charge is -1.98. The summed E-state index contributed by atoms with van der Waals surface area (Å²) in [5.41, 5.74) is 8.93. The summed E-state index contributed by atoms with van der Waals surface area (Å²) in [6, 6.07) is 0. The number of rotatable bonds is 3. The Kier molecular flexibility index (Phi) is 2.96. The van der Waals surface area contributed by atoms with Crippen molar-refractivity contribution in [2.24, 2.45) is 12.2 Å². The van der Waals surface area contributed by atoms with Gasteiger partial charge in [-0.1, -0.05) is 16.7 Å². The number of nitrogens with zero attached hydrogens (tertiary/aromatic N) is 5. The molecule has 0 aliphatic carbocycles. The number of halogens is 1. The standard InChI is InChI=1S/C6H8ClN5/c1-12-4-9-6(7)5(12)2-3-10-11-8/h4H,2-3H2,1H3. The molecule has 1 heterocycles. The van der Waals surface area contributed by atoms with E-state index in [-0.39, 0.29) is 0 Å². The quantitative estimate of drug-likeness (QED) is 0.403. The van der Waals surface area contributed by atoms with Gasteiger partial charge in [0.2, 0.25) is 0 Å². The largest absolute Gasteiger partial charge is 0.336 e. The highest BCUT2D eigenvalue weighted by Gasteiger charge is 2.04. The molecule has 0 fully saturated rings. The molecule has 6 heteroatoms. The van der Waals surface area contributed by atoms with Crippen LogP contribution >= 0.6 is 11.6 Å². The van der Waals surface area contributed by atoms with Crippen molar-refractivity contribution in [1.82, 2.24) is 9.55 Å². The summed E-state index contributed by atoms with van der Waals surface area (Å²) in [6.07, 6.45) is 2.26. The molecule has 0 aliphatic heterocycles. The summed E-state index contributed by atoms with van der Waals surface area (Å²) in [5.74, 6) is 0. The first-order valence-corrected chi connectivity index (χ1v) is 3.80. The van der Waals surface area contributed by atoms with Crippen LogP contribution in [0.2, 0.25) is 5.15 Å². The highest BCUT2D eigenvalue weighted by atomic mass is 35.5. The van der Waals surface area contributed by atoms with E-state index in [1.54, 1.807) is 6.33 Å². The Bertz CT molecular complexity index is 292. The van der Waals surface area contributed by atoms with Gasteiger partial charge in [-0.3, -0.25) is 0 Å². The van der Waals surface area contributed by atoms with E-state index in [0.29, 0.717) is 18.1 Å². The Morgan fingerprint density at radius 1 is 1.83 bits per heavy atom. The topological polar surface area (TPSA) is 66.6 Å². The fourth-order valence-electron chi connectivity index (χ4n) is 0.907. The van der Waals surface area contributed by atoms with Crippen molar-refractivity contribution in [2.45, 2.75) is 6.42 Å². The van der Waals surface area contributed by atoms with E-state index in [1.165, 1.54) is 0 Å². The Labute approximate surface area is 74.6 Å². The Hall–Kier alpha value is -1.19. The van der Waals surface area contributed by atoms with Crippen LogP contribution in [-0.4, -0.2) is 16.1 Å². The molecule has 1 aromatic heterocycles. The van der Waals surface area contributed by atoms with Gasteiger partial charge < -0.3 is 4.57 Å². The summed E-state index contributed by atoms with van der Waals surface area (Å²) in [5, 5.41) is 3.89. The molecule has 0 unspecified atom stereocenters. The van der Waals surface area contributed by atoms with Crippen LogP contribution in [0.25, 0.3) is 10.4 Å². The van der Waals surface area contributed by atoms with Crippen LogP contribution in [0.1, 0.15) is 5.69 Å². The molecule has 5 nitrogen and oxygen atoms in total. The smallest absolute Gasteiger partial charge is 0.150 e. The number of hydrogen-bond acceptors (Lipinski definition) is 2. The fraction of sp³-hybridized carbons (Fsp3) is 0.500. The average molecular weight is 186 g/mol. The highest BCUT2D eigenvalue weighted by molar-refractivity contribution is 6.30. The summed E-state index contributed by atoms with van der Waals surface area (Å²) >= 11 is 5.76. The molecule has 1 aromatic rings. The van der Waals surface area contributed by atoms with Crippen LogP contribution in [0.3, 0.4) is 0 Å². The Morgan fingerprint density at radius 2 is 2.58 bits per heavy atom. The first kappa shape index (κ1) is 8.90. The molecule has 0 aromatic carbocycles. The molecule has 0 bridgehead atoms. The maximum Gasteiger partial charge on any atom is 0.150 e. The van der Waals surface area contributed by atoms with Crippen molar-refractivity contribution in [2.75, 3.05) is 6.54 Å². The van der Waals surface area contributed by atoms with Crippen molar-refractivity contribution < 1.29 is 0 Å². The molecule has 12 heavy (non-hydrogen) atoms. The first-order valence-electron chi connectivity index (χ1n) is 3.42. The zero-order valence-corrected chi connectivity index (χ0v) is 7.36. The second kappa shape index (κ2) is 3.99. The average Bonchev–Trinajstić information content (AvgIpc) is 2.35. The minimum absolute atomic E-state index is 0.412. The number of azide groups is 1. The normalized spacial score (nSPS) is 9.50. The SMILES string of the molecule is Cn1cnc(Cl)c1CCN=[N+]=[N-]. The third-order valence-corrected chi connectivity index (χ3v) is 1.84. The number of aryl methyl sites for hydroxylation is 1. The predicted molar refractivity (Wildman–Crippen MR) is 45.9 cm³/mol. The zero-order chi connectivity index (χ0) is 8.97. The molecule has 0 atom stereocenters. The van der Waals surface area contributed by atoms with Crippen molar-refractivity contribution >= 4 is 11.6 Å². The minimum Gasteiger partial charge on any atom is -0.336 e. The van der Waals surface area contributed by atoms with Crippen molar-refractivity contribution in [3.63, 3.8) is 0 Å². The second-order valence-corrected chi connectivity index (χ2v) is 2.66. The Morgan fingerprint density at radius 3 is 3.08 bits per heavy atom. The molecule has 0 radical (unpaired) electrons. The monoisotopic (exact) mass is 185 g/mol. The molecule has 64 valence electrons. The van der Waals surface area contributed by atoms with Crippen molar-refractivity contribution in [1.29, 1.82) is 0 Å². The van der Waals surface area contributed by atoms with E-state index in [0.717, 1.165) is 5.69 Å². The molecular weight excluding hydrogens is 178 g/mol. The second-order valence-electron chi connectivity index (χ2n) is 2.30. The lowest BCUT2D eigenvalue weighted by molar-refractivity contribution is 0.802. The zero-order valence-electron chi connectivity index (χ0n) is 6.61. The van der Waals surface area contributed by atoms with Gasteiger partial charge in [0, 0.05) is 18.5 Å². The summed E-state index contributed by atoms with van der Waals surface area (Å²) < 4.78 is 1.81. The van der Waals surface area contributed by atoms with Gasteiger partial charge in [0.05, 0.1) is 12.0 Å². The highest BCUT2D eigenvalue weighted by Crippen LogP contribution is 2.12. The lowest BCUT2D eigenvalue weighted by Crippen LogP contribution is -1.97. The van der Waals surface area contributed by atoms with Crippen LogP contribution in [0.5, 0.6) is 0 Å². The molecule has 0 aliphatic rings. The molecular formula is C6H8ClN5. The minimum atomic E-state index is 0.412. The van der Waals surface area contributed by atoms with E-state index < -0.39 is 0 Å². The lowest BCUT2D eigenvalue weighted by atomic mass is 10.3. The van der Waals surface area contributed by atoms with Crippen molar-refractivity contribution in [3.05, 3.63) is 27.6 Å². The van der Waals surface area contributed by atoms with E-state index >= 15 is 0 Å². The molecule has 0 spiro atoms. The fourth-order valence-corrected chi connectivity index (χ4v) is 1.18. The molecule has 0 saturated carbocycles. The Balaban J connectivity index is 2.67. The van der Waals surface area contributed by atoms with Gasteiger partial charge in [-0.2, -0.15) is 0 Å². The van der Waals surface area contributed by atoms with Gasteiger partial charge in [-0.25, -0.2) is 4.98 Å². The van der Waals surface area contributed by atoms with Crippen LogP contribution in [-0.2, 0) is 13.5 Å². The number of hydrogen-bond donors (Lipinski definition) is 0. The third kappa shape index (κ3) is 1.90. The molecule has 0 saturated heterocycles. The summed E-state index contributed by atoms with van der Waals surface area (Å²) in [6.45, 7) is 0.412. The summed E-state index contributed by atoms with van der Waals surface area (Å²) in [7, 11) is 1.85. The van der Waals surface area contributed by atoms with E-state index in [4.69, 9.17) is 17.1 Å². The maximum absolute atomic E-state index is 8.04. The van der Waals surface area contributed by atoms with Gasteiger partial charge in [-0.05, 0) is 12.0 Å². The van der Waals surface area contributed by atoms with Crippen LogP contribution < -0.4 is 0 Å². The number of imidazole rings is 1. The van der Waals surface area contributed by atoms with E-state index in [9.17, 15) is 0 Å². The maximum atomic E-state index is 8.04. The third-order valence-electron chi connectivity index (χ3n) is 1.52.